The molecule has 3 aliphatic rings. The van der Waals surface area contributed by atoms with Crippen molar-refractivity contribution in [3.8, 4) is 11.5 Å². The average Bonchev–Trinajstić information content (AvgIpc) is 3.05. The standard InChI is InChI=1S/C16H22N2O2/c17-14-3-1-2-12-8-18(9-13(12)14)7-11-4-5-15-16(6-11)20-10-19-15/h4-6,12-14H,1-3,7-10,17H2. The van der Waals surface area contributed by atoms with Crippen LogP contribution in [-0.4, -0.2) is 30.8 Å². The van der Waals surface area contributed by atoms with Gasteiger partial charge in [-0.05, 0) is 42.4 Å². The molecule has 1 saturated heterocycles. The van der Waals surface area contributed by atoms with E-state index >= 15 is 0 Å². The summed E-state index contributed by atoms with van der Waals surface area (Å²) in [6, 6.07) is 6.70. The van der Waals surface area contributed by atoms with Crippen LogP contribution in [0.25, 0.3) is 0 Å². The van der Waals surface area contributed by atoms with Crippen LogP contribution >= 0.6 is 0 Å². The fraction of sp³-hybridized carbons (Fsp3) is 0.625. The molecule has 0 spiro atoms. The van der Waals surface area contributed by atoms with Crippen LogP contribution < -0.4 is 15.2 Å². The van der Waals surface area contributed by atoms with Gasteiger partial charge in [-0.3, -0.25) is 4.90 Å². The molecule has 2 aliphatic heterocycles. The van der Waals surface area contributed by atoms with Gasteiger partial charge in [-0.2, -0.15) is 0 Å². The molecule has 20 heavy (non-hydrogen) atoms. The number of nitrogens with zero attached hydrogens (tertiary/aromatic N) is 1. The number of fused-ring (bicyclic) bond motifs is 2. The molecular formula is C16H22N2O2. The van der Waals surface area contributed by atoms with E-state index in [-0.39, 0.29) is 0 Å². The third-order valence-electron chi connectivity index (χ3n) is 5.07. The maximum absolute atomic E-state index is 6.29. The third kappa shape index (κ3) is 2.17. The molecule has 1 saturated carbocycles. The van der Waals surface area contributed by atoms with Crippen LogP contribution in [0.15, 0.2) is 18.2 Å². The highest BCUT2D eigenvalue weighted by Crippen LogP contribution is 2.37. The van der Waals surface area contributed by atoms with E-state index < -0.39 is 0 Å². The van der Waals surface area contributed by atoms with Gasteiger partial charge >= 0.3 is 0 Å². The first kappa shape index (κ1) is 12.5. The van der Waals surface area contributed by atoms with Crippen LogP contribution in [0, 0.1) is 11.8 Å². The Morgan fingerprint density at radius 1 is 1.15 bits per heavy atom. The van der Waals surface area contributed by atoms with E-state index in [1.165, 1.54) is 31.4 Å². The number of hydrogen-bond acceptors (Lipinski definition) is 4. The summed E-state index contributed by atoms with van der Waals surface area (Å²) in [5, 5.41) is 0. The highest BCUT2D eigenvalue weighted by atomic mass is 16.7. The van der Waals surface area contributed by atoms with Gasteiger partial charge in [0.25, 0.3) is 0 Å². The van der Waals surface area contributed by atoms with E-state index in [1.54, 1.807) is 0 Å². The molecule has 2 fully saturated rings. The molecule has 0 amide bonds. The molecule has 2 N–H and O–H groups in total. The van der Waals surface area contributed by atoms with Gasteiger partial charge in [-0.15, -0.1) is 0 Å². The lowest BCUT2D eigenvalue weighted by molar-refractivity contribution is 0.174. The van der Waals surface area contributed by atoms with Crippen LogP contribution in [-0.2, 0) is 6.54 Å². The number of nitrogens with two attached hydrogens (primary N) is 1. The van der Waals surface area contributed by atoms with Gasteiger partial charge in [0, 0.05) is 25.7 Å². The van der Waals surface area contributed by atoms with Gasteiger partial charge in [0.15, 0.2) is 11.5 Å². The second-order valence-electron chi connectivity index (χ2n) is 6.40. The first-order chi connectivity index (χ1) is 9.79. The summed E-state index contributed by atoms with van der Waals surface area (Å²) >= 11 is 0. The lowest BCUT2D eigenvalue weighted by Crippen LogP contribution is -2.38. The van der Waals surface area contributed by atoms with E-state index in [0.29, 0.717) is 18.8 Å². The van der Waals surface area contributed by atoms with Crippen LogP contribution in [0.3, 0.4) is 0 Å². The zero-order valence-electron chi connectivity index (χ0n) is 11.8. The van der Waals surface area contributed by atoms with E-state index in [0.717, 1.165) is 30.5 Å². The molecule has 4 rings (SSSR count). The van der Waals surface area contributed by atoms with Crippen LogP contribution in [0.5, 0.6) is 11.5 Å². The molecule has 3 unspecified atom stereocenters. The molecule has 3 atom stereocenters. The van der Waals surface area contributed by atoms with Crippen molar-refractivity contribution in [2.24, 2.45) is 17.6 Å². The Bertz CT molecular complexity index is 505. The van der Waals surface area contributed by atoms with Crippen molar-refractivity contribution in [2.75, 3.05) is 19.9 Å². The number of likely N-dealkylation sites (tertiary alicyclic amines) is 1. The Hall–Kier alpha value is -1.26. The Labute approximate surface area is 119 Å². The van der Waals surface area contributed by atoms with E-state index in [9.17, 15) is 0 Å². The minimum Gasteiger partial charge on any atom is -0.454 e. The highest BCUT2D eigenvalue weighted by molar-refractivity contribution is 5.44. The second-order valence-corrected chi connectivity index (χ2v) is 6.40. The number of rotatable bonds is 2. The van der Waals surface area contributed by atoms with Gasteiger partial charge in [0.05, 0.1) is 0 Å². The van der Waals surface area contributed by atoms with Crippen molar-refractivity contribution in [3.05, 3.63) is 23.8 Å². The lowest BCUT2D eigenvalue weighted by Gasteiger charge is -2.29. The zero-order valence-corrected chi connectivity index (χ0v) is 11.8. The molecule has 0 radical (unpaired) electrons. The Morgan fingerprint density at radius 3 is 2.95 bits per heavy atom. The summed E-state index contributed by atoms with van der Waals surface area (Å²) in [6.45, 7) is 3.70. The van der Waals surface area contributed by atoms with Crippen molar-refractivity contribution in [2.45, 2.75) is 31.8 Å². The van der Waals surface area contributed by atoms with Gasteiger partial charge in [-0.25, -0.2) is 0 Å². The normalized spacial score (nSPS) is 32.4. The van der Waals surface area contributed by atoms with Gasteiger partial charge in [0.2, 0.25) is 6.79 Å². The van der Waals surface area contributed by atoms with Gasteiger partial charge in [0.1, 0.15) is 0 Å². The monoisotopic (exact) mass is 274 g/mol. The average molecular weight is 274 g/mol. The van der Waals surface area contributed by atoms with E-state index in [2.05, 4.69) is 17.0 Å². The minimum atomic E-state index is 0.349. The summed E-state index contributed by atoms with van der Waals surface area (Å²) in [5.74, 6) is 3.27. The summed E-state index contributed by atoms with van der Waals surface area (Å²) in [5.41, 5.74) is 7.59. The maximum atomic E-state index is 6.29. The van der Waals surface area contributed by atoms with Crippen molar-refractivity contribution < 1.29 is 9.47 Å². The molecule has 0 aromatic heterocycles. The Balaban J connectivity index is 1.45. The Kier molecular flexibility index (Phi) is 3.08. The summed E-state index contributed by atoms with van der Waals surface area (Å²) < 4.78 is 10.8. The number of benzene rings is 1. The fourth-order valence-corrected chi connectivity index (χ4v) is 4.04. The fourth-order valence-electron chi connectivity index (χ4n) is 4.04. The van der Waals surface area contributed by atoms with Crippen molar-refractivity contribution in [1.82, 2.24) is 4.90 Å². The molecule has 1 aliphatic carbocycles. The van der Waals surface area contributed by atoms with Crippen LogP contribution in [0.4, 0.5) is 0 Å². The van der Waals surface area contributed by atoms with Gasteiger partial charge in [-0.1, -0.05) is 12.5 Å². The van der Waals surface area contributed by atoms with Crippen molar-refractivity contribution in [3.63, 3.8) is 0 Å². The predicted molar refractivity (Wildman–Crippen MR) is 76.6 cm³/mol. The van der Waals surface area contributed by atoms with E-state index in [4.69, 9.17) is 15.2 Å². The molecule has 2 heterocycles. The molecule has 1 aromatic rings. The molecule has 1 aromatic carbocycles. The largest absolute Gasteiger partial charge is 0.454 e. The lowest BCUT2D eigenvalue weighted by atomic mass is 9.78. The SMILES string of the molecule is NC1CCCC2CN(Cc3ccc4c(c3)OCO4)CC12. The third-order valence-corrected chi connectivity index (χ3v) is 5.07. The molecule has 4 heteroatoms. The molecule has 108 valence electrons. The topological polar surface area (TPSA) is 47.7 Å². The minimum absolute atomic E-state index is 0.349. The first-order valence-corrected chi connectivity index (χ1v) is 7.66. The van der Waals surface area contributed by atoms with E-state index in [1.807, 2.05) is 6.07 Å². The summed E-state index contributed by atoms with van der Waals surface area (Å²) in [6.07, 6.45) is 3.87. The van der Waals surface area contributed by atoms with Crippen LogP contribution in [0.2, 0.25) is 0 Å². The molecule has 4 nitrogen and oxygen atoms in total. The second kappa shape index (κ2) is 4.93. The van der Waals surface area contributed by atoms with Crippen LogP contribution in [0.1, 0.15) is 24.8 Å². The maximum Gasteiger partial charge on any atom is 0.231 e. The smallest absolute Gasteiger partial charge is 0.231 e. The first-order valence-electron chi connectivity index (χ1n) is 7.66. The quantitative estimate of drug-likeness (QED) is 0.896. The van der Waals surface area contributed by atoms with Crippen molar-refractivity contribution >= 4 is 0 Å². The summed E-state index contributed by atoms with van der Waals surface area (Å²) in [4.78, 5) is 2.55. The molecule has 0 bridgehead atoms. The number of hydrogen-bond donors (Lipinski definition) is 1. The number of ether oxygens (including phenoxy) is 2. The zero-order chi connectivity index (χ0) is 13.5. The Morgan fingerprint density at radius 2 is 2.05 bits per heavy atom. The van der Waals surface area contributed by atoms with Crippen molar-refractivity contribution in [1.29, 1.82) is 0 Å². The predicted octanol–water partition coefficient (Wildman–Crippen LogP) is 1.97. The highest BCUT2D eigenvalue weighted by Gasteiger charge is 2.38. The van der Waals surface area contributed by atoms with Gasteiger partial charge < -0.3 is 15.2 Å². The molecular weight excluding hydrogens is 252 g/mol. The summed E-state index contributed by atoms with van der Waals surface area (Å²) in [7, 11) is 0.